The average molecular weight is 350 g/mol. The number of nitrogens with zero attached hydrogens (tertiary/aromatic N) is 1. The molecule has 0 radical (unpaired) electrons. The number of rotatable bonds is 4. The molecule has 3 aromatic rings. The van der Waals surface area contributed by atoms with E-state index in [4.69, 9.17) is 9.15 Å². The molecule has 0 unspecified atom stereocenters. The lowest BCUT2D eigenvalue weighted by atomic mass is 9.92. The van der Waals surface area contributed by atoms with E-state index in [9.17, 15) is 4.79 Å². The van der Waals surface area contributed by atoms with Crippen molar-refractivity contribution in [2.75, 3.05) is 7.11 Å². The van der Waals surface area contributed by atoms with Crippen molar-refractivity contribution in [2.24, 2.45) is 0 Å². The second kappa shape index (κ2) is 7.30. The van der Waals surface area contributed by atoms with Crippen molar-refractivity contribution in [3.63, 3.8) is 0 Å². The normalized spacial score (nSPS) is 20.2. The van der Waals surface area contributed by atoms with E-state index in [1.165, 1.54) is 0 Å². The number of carbonyl (C=O) groups excluding carboxylic acids is 1. The summed E-state index contributed by atoms with van der Waals surface area (Å²) in [5, 5.41) is 4.11. The van der Waals surface area contributed by atoms with Crippen molar-refractivity contribution in [3.8, 4) is 11.3 Å². The number of benzene rings is 1. The molecule has 5 heteroatoms. The first-order valence-electron chi connectivity index (χ1n) is 9.01. The van der Waals surface area contributed by atoms with Gasteiger partial charge >= 0.3 is 0 Å². The highest BCUT2D eigenvalue weighted by atomic mass is 16.5. The van der Waals surface area contributed by atoms with Crippen LogP contribution in [0.1, 0.15) is 36.0 Å². The molecular weight excluding hydrogens is 328 g/mol. The molecule has 1 amide bonds. The molecule has 26 heavy (non-hydrogen) atoms. The van der Waals surface area contributed by atoms with Crippen molar-refractivity contribution < 1.29 is 13.9 Å². The molecule has 1 aliphatic rings. The van der Waals surface area contributed by atoms with E-state index in [0.717, 1.165) is 47.9 Å². The first kappa shape index (κ1) is 16.8. The van der Waals surface area contributed by atoms with Crippen LogP contribution < -0.4 is 5.32 Å². The molecule has 0 saturated heterocycles. The minimum absolute atomic E-state index is 0.0214. The fourth-order valence-corrected chi connectivity index (χ4v) is 3.62. The zero-order chi connectivity index (χ0) is 17.9. The molecule has 1 saturated carbocycles. The maximum atomic E-state index is 12.5. The lowest BCUT2D eigenvalue weighted by molar-refractivity contribution is 0.0599. The van der Waals surface area contributed by atoms with Gasteiger partial charge in [0.15, 0.2) is 0 Å². The van der Waals surface area contributed by atoms with Crippen molar-refractivity contribution in [3.05, 3.63) is 54.4 Å². The minimum Gasteiger partial charge on any atom is -0.464 e. The zero-order valence-corrected chi connectivity index (χ0v) is 14.8. The van der Waals surface area contributed by atoms with Crippen LogP contribution in [0.5, 0.6) is 0 Å². The number of amides is 1. The quantitative estimate of drug-likeness (QED) is 0.766. The van der Waals surface area contributed by atoms with Gasteiger partial charge < -0.3 is 14.5 Å². The third-order valence-corrected chi connectivity index (χ3v) is 5.14. The van der Waals surface area contributed by atoms with Gasteiger partial charge in [0.25, 0.3) is 5.91 Å². The Kier molecular flexibility index (Phi) is 4.71. The van der Waals surface area contributed by atoms with Crippen LogP contribution in [0.2, 0.25) is 0 Å². The molecule has 0 bridgehead atoms. The second-order valence-electron chi connectivity index (χ2n) is 6.75. The Hall–Kier alpha value is -2.66. The van der Waals surface area contributed by atoms with E-state index in [-0.39, 0.29) is 11.9 Å². The molecule has 0 aliphatic heterocycles. The maximum absolute atomic E-state index is 12.5. The summed E-state index contributed by atoms with van der Waals surface area (Å²) in [4.78, 5) is 17.0. The van der Waals surface area contributed by atoms with E-state index < -0.39 is 0 Å². The van der Waals surface area contributed by atoms with Crippen LogP contribution >= 0.6 is 0 Å². The standard InChI is InChI=1S/C21H22N2O3/c1-25-17-8-6-16(7-9-17)23-21(24)15-4-2-14(3-5-15)20-18-11-13-26-19(18)10-12-22-20/h2-5,10-13,16-17H,6-9H2,1H3,(H,23,24). The minimum atomic E-state index is -0.0214. The molecule has 1 aromatic carbocycles. The number of ether oxygens (including phenoxy) is 1. The van der Waals surface area contributed by atoms with Gasteiger partial charge in [-0.2, -0.15) is 0 Å². The van der Waals surface area contributed by atoms with E-state index in [1.54, 1.807) is 19.6 Å². The summed E-state index contributed by atoms with van der Waals surface area (Å²) in [6, 6.07) is 11.6. The van der Waals surface area contributed by atoms with E-state index in [2.05, 4.69) is 10.3 Å². The molecule has 4 rings (SSSR count). The summed E-state index contributed by atoms with van der Waals surface area (Å²) < 4.78 is 10.8. The first-order chi connectivity index (χ1) is 12.7. The molecular formula is C21H22N2O3. The topological polar surface area (TPSA) is 64.4 Å². The Morgan fingerprint density at radius 1 is 1.12 bits per heavy atom. The molecule has 0 atom stereocenters. The van der Waals surface area contributed by atoms with Gasteiger partial charge in [-0.1, -0.05) is 12.1 Å². The third-order valence-electron chi connectivity index (χ3n) is 5.14. The fourth-order valence-electron chi connectivity index (χ4n) is 3.62. The van der Waals surface area contributed by atoms with Gasteiger partial charge in [-0.05, 0) is 49.9 Å². The lowest BCUT2D eigenvalue weighted by Gasteiger charge is -2.28. The monoisotopic (exact) mass is 350 g/mol. The molecule has 134 valence electrons. The van der Waals surface area contributed by atoms with Gasteiger partial charge in [0.1, 0.15) is 5.58 Å². The van der Waals surface area contributed by atoms with Crippen LogP contribution in [0.3, 0.4) is 0 Å². The fraction of sp³-hybridized carbons (Fsp3) is 0.333. The number of nitrogens with one attached hydrogen (secondary N) is 1. The number of aromatic nitrogens is 1. The van der Waals surface area contributed by atoms with Crippen LogP contribution in [-0.2, 0) is 4.74 Å². The van der Waals surface area contributed by atoms with E-state index >= 15 is 0 Å². The van der Waals surface area contributed by atoms with Gasteiger partial charge in [0, 0.05) is 35.9 Å². The second-order valence-corrected chi connectivity index (χ2v) is 6.75. The first-order valence-corrected chi connectivity index (χ1v) is 9.01. The molecule has 2 heterocycles. The summed E-state index contributed by atoms with van der Waals surface area (Å²) in [6.07, 6.45) is 7.67. The number of hydrogen-bond acceptors (Lipinski definition) is 4. The number of methoxy groups -OCH3 is 1. The van der Waals surface area contributed by atoms with Crippen molar-refractivity contribution in [1.29, 1.82) is 0 Å². The van der Waals surface area contributed by atoms with Crippen LogP contribution in [-0.4, -0.2) is 30.1 Å². The Labute approximate surface area is 152 Å². The summed E-state index contributed by atoms with van der Waals surface area (Å²) in [7, 11) is 1.75. The molecule has 0 spiro atoms. The summed E-state index contributed by atoms with van der Waals surface area (Å²) in [5.41, 5.74) is 3.31. The SMILES string of the molecule is COC1CCC(NC(=O)c2ccc(-c3nccc4occc34)cc2)CC1. The highest BCUT2D eigenvalue weighted by Gasteiger charge is 2.22. The Balaban J connectivity index is 1.46. The molecule has 1 N–H and O–H groups in total. The Morgan fingerprint density at radius 3 is 2.62 bits per heavy atom. The Bertz CT molecular complexity index is 893. The van der Waals surface area contributed by atoms with E-state index in [1.807, 2.05) is 36.4 Å². The largest absolute Gasteiger partial charge is 0.464 e. The van der Waals surface area contributed by atoms with Gasteiger partial charge in [-0.25, -0.2) is 0 Å². The van der Waals surface area contributed by atoms with Crippen LogP contribution in [0, 0.1) is 0 Å². The number of hydrogen-bond donors (Lipinski definition) is 1. The molecule has 2 aromatic heterocycles. The highest BCUT2D eigenvalue weighted by molar-refractivity contribution is 5.96. The third kappa shape index (κ3) is 3.35. The average Bonchev–Trinajstić information content (AvgIpc) is 3.17. The number of fused-ring (bicyclic) bond motifs is 1. The van der Waals surface area contributed by atoms with Gasteiger partial charge in [-0.3, -0.25) is 9.78 Å². The smallest absolute Gasteiger partial charge is 0.251 e. The maximum Gasteiger partial charge on any atom is 0.251 e. The number of pyridine rings is 1. The van der Waals surface area contributed by atoms with Gasteiger partial charge in [-0.15, -0.1) is 0 Å². The number of furan rings is 1. The van der Waals surface area contributed by atoms with Gasteiger partial charge in [0.2, 0.25) is 0 Å². The predicted molar refractivity (Wildman–Crippen MR) is 100.0 cm³/mol. The summed E-state index contributed by atoms with van der Waals surface area (Å²) >= 11 is 0. The Morgan fingerprint density at radius 2 is 1.88 bits per heavy atom. The summed E-state index contributed by atoms with van der Waals surface area (Å²) in [6.45, 7) is 0. The van der Waals surface area contributed by atoms with Crippen LogP contribution in [0.25, 0.3) is 22.2 Å². The summed E-state index contributed by atoms with van der Waals surface area (Å²) in [5.74, 6) is -0.0214. The zero-order valence-electron chi connectivity index (χ0n) is 14.8. The molecule has 1 fully saturated rings. The van der Waals surface area contributed by atoms with Gasteiger partial charge in [0.05, 0.1) is 18.1 Å². The van der Waals surface area contributed by atoms with Crippen LogP contribution in [0.4, 0.5) is 0 Å². The van der Waals surface area contributed by atoms with Crippen molar-refractivity contribution in [1.82, 2.24) is 10.3 Å². The van der Waals surface area contributed by atoms with Crippen LogP contribution in [0.15, 0.2) is 53.3 Å². The molecule has 5 nitrogen and oxygen atoms in total. The van der Waals surface area contributed by atoms with Crippen molar-refractivity contribution >= 4 is 16.9 Å². The predicted octanol–water partition coefficient (Wildman–Crippen LogP) is 4.18. The number of carbonyl (C=O) groups is 1. The van der Waals surface area contributed by atoms with Crippen molar-refractivity contribution in [2.45, 2.75) is 37.8 Å². The van der Waals surface area contributed by atoms with E-state index in [0.29, 0.717) is 11.7 Å². The lowest BCUT2D eigenvalue weighted by Crippen LogP contribution is -2.38. The molecule has 1 aliphatic carbocycles. The highest BCUT2D eigenvalue weighted by Crippen LogP contribution is 2.27.